The molecule has 78 valence electrons. The zero-order valence-corrected chi connectivity index (χ0v) is 8.64. The largest absolute Gasteiger partial charge is 0.337 e. The van der Waals surface area contributed by atoms with Gasteiger partial charge in [-0.2, -0.15) is 4.98 Å². The Balaban J connectivity index is 2.37. The predicted molar refractivity (Wildman–Crippen MR) is 54.9 cm³/mol. The lowest BCUT2D eigenvalue weighted by Gasteiger charge is -1.95. The van der Waals surface area contributed by atoms with Gasteiger partial charge in [0, 0.05) is 5.69 Å². The first-order valence-electron chi connectivity index (χ1n) is 4.70. The van der Waals surface area contributed by atoms with Crippen LogP contribution in [0.4, 0.5) is 0 Å². The Morgan fingerprint density at radius 1 is 1.33 bits per heavy atom. The van der Waals surface area contributed by atoms with E-state index in [1.807, 2.05) is 25.1 Å². The molecule has 0 unspecified atom stereocenters. The Kier molecular flexibility index (Phi) is 2.47. The molecule has 1 atom stereocenters. The van der Waals surface area contributed by atoms with E-state index in [1.165, 1.54) is 0 Å². The van der Waals surface area contributed by atoms with Crippen molar-refractivity contribution in [3.8, 4) is 11.5 Å². The van der Waals surface area contributed by atoms with Crippen LogP contribution in [0.2, 0.25) is 0 Å². The van der Waals surface area contributed by atoms with Crippen molar-refractivity contribution in [1.82, 2.24) is 15.1 Å². The SMILES string of the molecule is Cc1cccc(-c2noc([C@H](C)N)n2)n1. The van der Waals surface area contributed by atoms with Gasteiger partial charge in [0.2, 0.25) is 11.7 Å². The summed E-state index contributed by atoms with van der Waals surface area (Å²) in [5, 5.41) is 3.82. The van der Waals surface area contributed by atoms with Crippen LogP contribution < -0.4 is 5.73 Å². The van der Waals surface area contributed by atoms with E-state index in [0.717, 1.165) is 5.69 Å². The van der Waals surface area contributed by atoms with E-state index >= 15 is 0 Å². The van der Waals surface area contributed by atoms with Crippen molar-refractivity contribution in [2.45, 2.75) is 19.9 Å². The molecule has 5 heteroatoms. The van der Waals surface area contributed by atoms with Crippen LogP contribution >= 0.6 is 0 Å². The number of aryl methyl sites for hydroxylation is 1. The minimum atomic E-state index is -0.254. The number of hydrogen-bond donors (Lipinski definition) is 1. The zero-order valence-electron chi connectivity index (χ0n) is 8.64. The molecule has 5 nitrogen and oxygen atoms in total. The number of hydrogen-bond acceptors (Lipinski definition) is 5. The second-order valence-electron chi connectivity index (χ2n) is 3.41. The second kappa shape index (κ2) is 3.78. The zero-order chi connectivity index (χ0) is 10.8. The normalized spacial score (nSPS) is 12.7. The highest BCUT2D eigenvalue weighted by molar-refractivity contribution is 5.48. The first-order chi connectivity index (χ1) is 7.16. The molecule has 15 heavy (non-hydrogen) atoms. The molecule has 2 aromatic rings. The van der Waals surface area contributed by atoms with Crippen molar-refractivity contribution in [2.24, 2.45) is 5.73 Å². The Hall–Kier alpha value is -1.75. The molecule has 0 saturated carbocycles. The fourth-order valence-electron chi connectivity index (χ4n) is 1.19. The molecule has 0 aliphatic carbocycles. The fraction of sp³-hybridized carbons (Fsp3) is 0.300. The van der Waals surface area contributed by atoms with E-state index in [2.05, 4.69) is 15.1 Å². The van der Waals surface area contributed by atoms with Crippen LogP contribution in [0, 0.1) is 6.92 Å². The molecule has 0 saturated heterocycles. The summed E-state index contributed by atoms with van der Waals surface area (Å²) in [7, 11) is 0. The first-order valence-corrected chi connectivity index (χ1v) is 4.70. The third kappa shape index (κ3) is 2.02. The maximum Gasteiger partial charge on any atom is 0.243 e. The summed E-state index contributed by atoms with van der Waals surface area (Å²) in [6.07, 6.45) is 0. The van der Waals surface area contributed by atoms with Crippen LogP contribution in [0.1, 0.15) is 24.6 Å². The van der Waals surface area contributed by atoms with Gasteiger partial charge >= 0.3 is 0 Å². The molecular formula is C10H12N4O. The summed E-state index contributed by atoms with van der Waals surface area (Å²) in [5.41, 5.74) is 7.23. The third-order valence-corrected chi connectivity index (χ3v) is 1.95. The van der Waals surface area contributed by atoms with Crippen molar-refractivity contribution < 1.29 is 4.52 Å². The monoisotopic (exact) mass is 204 g/mol. The van der Waals surface area contributed by atoms with Crippen LogP contribution in [-0.2, 0) is 0 Å². The average Bonchev–Trinajstić information content (AvgIpc) is 2.66. The average molecular weight is 204 g/mol. The summed E-state index contributed by atoms with van der Waals surface area (Å²) in [4.78, 5) is 8.45. The standard InChI is InChI=1S/C10H12N4O/c1-6-4-3-5-8(12-6)9-13-10(7(2)11)15-14-9/h3-5,7H,11H2,1-2H3/t7-/m0/s1. The van der Waals surface area contributed by atoms with Gasteiger partial charge in [-0.15, -0.1) is 0 Å². The number of nitrogens with zero attached hydrogens (tertiary/aromatic N) is 3. The van der Waals surface area contributed by atoms with Gasteiger partial charge in [0.15, 0.2) is 0 Å². The van der Waals surface area contributed by atoms with Crippen LogP contribution in [0.5, 0.6) is 0 Å². The first kappa shape index (κ1) is 9.79. The summed E-state index contributed by atoms with van der Waals surface area (Å²) in [6, 6.07) is 5.40. The molecule has 0 bridgehead atoms. The van der Waals surface area contributed by atoms with E-state index in [-0.39, 0.29) is 6.04 Å². The molecule has 2 rings (SSSR count). The Morgan fingerprint density at radius 2 is 2.13 bits per heavy atom. The number of nitrogens with two attached hydrogens (primary N) is 1. The van der Waals surface area contributed by atoms with Crippen molar-refractivity contribution in [3.05, 3.63) is 29.8 Å². The molecule has 0 aliphatic heterocycles. The van der Waals surface area contributed by atoms with Crippen LogP contribution in [0.3, 0.4) is 0 Å². The predicted octanol–water partition coefficient (Wildman–Crippen LogP) is 1.46. The molecule has 2 heterocycles. The number of rotatable bonds is 2. The van der Waals surface area contributed by atoms with Crippen LogP contribution in [0.15, 0.2) is 22.7 Å². The molecule has 0 fully saturated rings. The smallest absolute Gasteiger partial charge is 0.243 e. The van der Waals surface area contributed by atoms with Gasteiger partial charge in [-0.1, -0.05) is 11.2 Å². The van der Waals surface area contributed by atoms with Crippen LogP contribution in [0.25, 0.3) is 11.5 Å². The maximum atomic E-state index is 5.62. The van der Waals surface area contributed by atoms with Gasteiger partial charge in [0.05, 0.1) is 6.04 Å². The molecule has 0 aliphatic rings. The van der Waals surface area contributed by atoms with Crippen LogP contribution in [-0.4, -0.2) is 15.1 Å². The molecule has 2 aromatic heterocycles. The molecule has 2 N–H and O–H groups in total. The molecule has 0 amide bonds. The van der Waals surface area contributed by atoms with Crippen molar-refractivity contribution >= 4 is 0 Å². The van der Waals surface area contributed by atoms with Crippen molar-refractivity contribution in [1.29, 1.82) is 0 Å². The third-order valence-electron chi connectivity index (χ3n) is 1.95. The number of pyridine rings is 1. The summed E-state index contributed by atoms with van der Waals surface area (Å²) >= 11 is 0. The maximum absolute atomic E-state index is 5.62. The fourth-order valence-corrected chi connectivity index (χ4v) is 1.19. The van der Waals surface area contributed by atoms with Gasteiger partial charge < -0.3 is 10.3 Å². The van der Waals surface area contributed by atoms with Gasteiger partial charge in [0.25, 0.3) is 0 Å². The minimum Gasteiger partial charge on any atom is -0.337 e. The number of aromatic nitrogens is 3. The van der Waals surface area contributed by atoms with Crippen molar-refractivity contribution in [3.63, 3.8) is 0 Å². The Bertz CT molecular complexity index is 464. The lowest BCUT2D eigenvalue weighted by Crippen LogP contribution is -2.04. The van der Waals surface area contributed by atoms with Gasteiger partial charge in [-0.05, 0) is 26.0 Å². The highest BCUT2D eigenvalue weighted by Crippen LogP contribution is 2.15. The van der Waals surface area contributed by atoms with E-state index in [1.54, 1.807) is 6.92 Å². The van der Waals surface area contributed by atoms with E-state index in [9.17, 15) is 0 Å². The Labute approximate surface area is 87.3 Å². The topological polar surface area (TPSA) is 77.8 Å². The molecule has 0 radical (unpaired) electrons. The minimum absolute atomic E-state index is 0.254. The highest BCUT2D eigenvalue weighted by atomic mass is 16.5. The van der Waals surface area contributed by atoms with E-state index < -0.39 is 0 Å². The second-order valence-corrected chi connectivity index (χ2v) is 3.41. The van der Waals surface area contributed by atoms with E-state index in [0.29, 0.717) is 17.4 Å². The molecule has 0 spiro atoms. The Morgan fingerprint density at radius 3 is 2.73 bits per heavy atom. The van der Waals surface area contributed by atoms with Crippen molar-refractivity contribution in [2.75, 3.05) is 0 Å². The highest BCUT2D eigenvalue weighted by Gasteiger charge is 2.12. The molecular weight excluding hydrogens is 192 g/mol. The lowest BCUT2D eigenvalue weighted by atomic mass is 10.3. The van der Waals surface area contributed by atoms with Gasteiger partial charge in [-0.3, -0.25) is 0 Å². The lowest BCUT2D eigenvalue weighted by molar-refractivity contribution is 0.362. The summed E-state index contributed by atoms with van der Waals surface area (Å²) < 4.78 is 4.99. The quantitative estimate of drug-likeness (QED) is 0.801. The molecule has 0 aromatic carbocycles. The summed E-state index contributed by atoms with van der Waals surface area (Å²) in [5.74, 6) is 0.902. The van der Waals surface area contributed by atoms with Gasteiger partial charge in [-0.25, -0.2) is 4.98 Å². The van der Waals surface area contributed by atoms with Gasteiger partial charge in [0.1, 0.15) is 5.69 Å². The summed E-state index contributed by atoms with van der Waals surface area (Å²) in [6.45, 7) is 3.71. The van der Waals surface area contributed by atoms with E-state index in [4.69, 9.17) is 10.3 Å².